The number of halogens is 4. The maximum Gasteiger partial charge on any atom is 0.416 e. The molecule has 21 heavy (non-hydrogen) atoms. The minimum Gasteiger partial charge on any atom is -0.383 e. The Bertz CT molecular complexity index is 557. The SMILES string of the molecule is COCC(CCBr)NS(=O)(=O)c1cccc(C(F)(F)F)c1. The van der Waals surface area contributed by atoms with E-state index in [1.807, 2.05) is 0 Å². The van der Waals surface area contributed by atoms with Gasteiger partial charge in [-0.15, -0.1) is 0 Å². The smallest absolute Gasteiger partial charge is 0.383 e. The van der Waals surface area contributed by atoms with Gasteiger partial charge in [0.15, 0.2) is 0 Å². The molecule has 1 aromatic rings. The Morgan fingerprint density at radius 3 is 2.57 bits per heavy atom. The molecular weight excluding hydrogens is 375 g/mol. The van der Waals surface area contributed by atoms with Crippen molar-refractivity contribution in [2.24, 2.45) is 0 Å². The summed E-state index contributed by atoms with van der Waals surface area (Å²) in [5.41, 5.74) is -1.01. The third kappa shape index (κ3) is 5.57. The number of hydrogen-bond acceptors (Lipinski definition) is 3. The number of hydrogen-bond donors (Lipinski definition) is 1. The average Bonchev–Trinajstić information content (AvgIpc) is 2.38. The molecule has 1 N–H and O–H groups in total. The Balaban J connectivity index is 3.02. The van der Waals surface area contributed by atoms with Gasteiger partial charge in [0.25, 0.3) is 0 Å². The maximum atomic E-state index is 12.6. The quantitative estimate of drug-likeness (QED) is 0.729. The highest BCUT2D eigenvalue weighted by Crippen LogP contribution is 2.30. The standard InChI is InChI=1S/C12H15BrF3NO3S/c1-20-8-10(5-6-13)17-21(18,19)11-4-2-3-9(7-11)12(14,15)16/h2-4,7,10,17H,5-6,8H2,1H3. The molecule has 0 aliphatic carbocycles. The summed E-state index contributed by atoms with van der Waals surface area (Å²) in [4.78, 5) is -0.423. The number of methoxy groups -OCH3 is 1. The van der Waals surface area contributed by atoms with Gasteiger partial charge in [-0.2, -0.15) is 13.2 Å². The van der Waals surface area contributed by atoms with Crippen molar-refractivity contribution in [2.45, 2.75) is 23.5 Å². The van der Waals surface area contributed by atoms with Crippen LogP contribution in [0.3, 0.4) is 0 Å². The molecule has 9 heteroatoms. The minimum atomic E-state index is -4.59. The number of sulfonamides is 1. The molecule has 1 rings (SSSR count). The Labute approximate surface area is 129 Å². The van der Waals surface area contributed by atoms with E-state index in [1.165, 1.54) is 7.11 Å². The molecular formula is C12H15BrF3NO3S. The molecule has 0 amide bonds. The highest BCUT2D eigenvalue weighted by molar-refractivity contribution is 9.09. The minimum absolute atomic E-state index is 0.129. The lowest BCUT2D eigenvalue weighted by atomic mass is 10.2. The van der Waals surface area contributed by atoms with Crippen LogP contribution in [0.15, 0.2) is 29.2 Å². The van der Waals surface area contributed by atoms with Gasteiger partial charge in [0.05, 0.1) is 17.1 Å². The fraction of sp³-hybridized carbons (Fsp3) is 0.500. The van der Waals surface area contributed by atoms with Gasteiger partial charge in [-0.05, 0) is 24.6 Å². The van der Waals surface area contributed by atoms with E-state index in [0.29, 0.717) is 17.8 Å². The Hall–Kier alpha value is -0.640. The Morgan fingerprint density at radius 1 is 1.38 bits per heavy atom. The summed E-state index contributed by atoms with van der Waals surface area (Å²) in [7, 11) is -2.62. The maximum absolute atomic E-state index is 12.6. The van der Waals surface area contributed by atoms with Crippen LogP contribution in [0.4, 0.5) is 13.2 Å². The van der Waals surface area contributed by atoms with Gasteiger partial charge in [0.2, 0.25) is 10.0 Å². The lowest BCUT2D eigenvalue weighted by molar-refractivity contribution is -0.137. The predicted molar refractivity (Wildman–Crippen MR) is 75.8 cm³/mol. The van der Waals surface area contributed by atoms with E-state index in [4.69, 9.17) is 4.74 Å². The molecule has 120 valence electrons. The highest BCUT2D eigenvalue weighted by atomic mass is 79.9. The third-order valence-electron chi connectivity index (χ3n) is 2.62. The molecule has 0 saturated heterocycles. The first-order chi connectivity index (χ1) is 9.70. The fourth-order valence-electron chi connectivity index (χ4n) is 1.64. The van der Waals surface area contributed by atoms with Crippen molar-refractivity contribution in [2.75, 3.05) is 19.0 Å². The molecule has 0 aliphatic rings. The van der Waals surface area contributed by atoms with Crippen LogP contribution in [0.1, 0.15) is 12.0 Å². The number of nitrogens with one attached hydrogen (secondary N) is 1. The largest absolute Gasteiger partial charge is 0.416 e. The van der Waals surface area contributed by atoms with Crippen molar-refractivity contribution in [3.63, 3.8) is 0 Å². The van der Waals surface area contributed by atoms with Crippen LogP contribution in [0.25, 0.3) is 0 Å². The van der Waals surface area contributed by atoms with Crippen LogP contribution in [0, 0.1) is 0 Å². The van der Waals surface area contributed by atoms with E-state index in [9.17, 15) is 21.6 Å². The van der Waals surface area contributed by atoms with Crippen molar-refractivity contribution in [1.82, 2.24) is 4.72 Å². The zero-order chi connectivity index (χ0) is 16.1. The lowest BCUT2D eigenvalue weighted by Gasteiger charge is -2.17. The molecule has 1 unspecified atom stereocenters. The summed E-state index contributed by atoms with van der Waals surface area (Å²) >= 11 is 3.18. The van der Waals surface area contributed by atoms with E-state index in [-0.39, 0.29) is 6.61 Å². The average molecular weight is 390 g/mol. The molecule has 0 spiro atoms. The second-order valence-electron chi connectivity index (χ2n) is 4.28. The Morgan fingerprint density at radius 2 is 2.05 bits per heavy atom. The zero-order valence-corrected chi connectivity index (χ0v) is 13.6. The monoisotopic (exact) mass is 389 g/mol. The van der Waals surface area contributed by atoms with Crippen LogP contribution in [0.2, 0.25) is 0 Å². The number of ether oxygens (including phenoxy) is 1. The van der Waals surface area contributed by atoms with Crippen molar-refractivity contribution < 1.29 is 26.3 Å². The summed E-state index contributed by atoms with van der Waals surface area (Å²) in [5.74, 6) is 0. The molecule has 0 saturated carbocycles. The van der Waals surface area contributed by atoms with Gasteiger partial charge < -0.3 is 4.74 Å². The van der Waals surface area contributed by atoms with Crippen molar-refractivity contribution >= 4 is 26.0 Å². The summed E-state index contributed by atoms with van der Waals surface area (Å²) in [6.45, 7) is 0.129. The normalized spacial score (nSPS) is 14.1. The lowest BCUT2D eigenvalue weighted by Crippen LogP contribution is -2.38. The molecule has 0 bridgehead atoms. The first-order valence-electron chi connectivity index (χ1n) is 5.95. The number of rotatable bonds is 7. The van der Waals surface area contributed by atoms with Gasteiger partial charge in [0, 0.05) is 18.5 Å². The molecule has 0 aromatic heterocycles. The molecule has 0 heterocycles. The number of alkyl halides is 4. The van der Waals surface area contributed by atoms with Gasteiger partial charge in [-0.25, -0.2) is 13.1 Å². The second kappa shape index (κ2) is 7.57. The van der Waals surface area contributed by atoms with E-state index in [0.717, 1.165) is 18.2 Å². The summed E-state index contributed by atoms with van der Waals surface area (Å²) < 4.78 is 69.3. The first kappa shape index (κ1) is 18.4. The van der Waals surface area contributed by atoms with E-state index in [1.54, 1.807) is 0 Å². The van der Waals surface area contributed by atoms with Crippen molar-refractivity contribution in [1.29, 1.82) is 0 Å². The van der Waals surface area contributed by atoms with Gasteiger partial charge >= 0.3 is 6.18 Å². The van der Waals surface area contributed by atoms with Crippen LogP contribution < -0.4 is 4.72 Å². The van der Waals surface area contributed by atoms with Gasteiger partial charge in [0.1, 0.15) is 0 Å². The van der Waals surface area contributed by atoms with Crippen LogP contribution >= 0.6 is 15.9 Å². The Kier molecular flexibility index (Phi) is 6.64. The molecule has 1 aromatic carbocycles. The van der Waals surface area contributed by atoms with Crippen LogP contribution in [-0.4, -0.2) is 33.5 Å². The molecule has 0 fully saturated rings. The predicted octanol–water partition coefficient (Wildman–Crippen LogP) is 2.78. The summed E-state index contributed by atoms with van der Waals surface area (Å²) in [6.07, 6.45) is -4.14. The molecule has 0 aliphatic heterocycles. The van der Waals surface area contributed by atoms with Crippen LogP contribution in [0.5, 0.6) is 0 Å². The first-order valence-corrected chi connectivity index (χ1v) is 8.55. The zero-order valence-electron chi connectivity index (χ0n) is 11.2. The number of benzene rings is 1. The van der Waals surface area contributed by atoms with E-state index < -0.39 is 32.7 Å². The molecule has 0 radical (unpaired) electrons. The topological polar surface area (TPSA) is 55.4 Å². The second-order valence-corrected chi connectivity index (χ2v) is 6.78. The third-order valence-corrected chi connectivity index (χ3v) is 4.59. The highest BCUT2D eigenvalue weighted by Gasteiger charge is 2.32. The van der Waals surface area contributed by atoms with Crippen molar-refractivity contribution in [3.8, 4) is 0 Å². The van der Waals surface area contributed by atoms with Crippen molar-refractivity contribution in [3.05, 3.63) is 29.8 Å². The summed E-state index contributed by atoms with van der Waals surface area (Å²) in [6, 6.07) is 3.10. The summed E-state index contributed by atoms with van der Waals surface area (Å²) in [5, 5.41) is 0.534. The van der Waals surface area contributed by atoms with Gasteiger partial charge in [-0.3, -0.25) is 0 Å². The van der Waals surface area contributed by atoms with Crippen LogP contribution in [-0.2, 0) is 20.9 Å². The molecule has 4 nitrogen and oxygen atoms in total. The van der Waals surface area contributed by atoms with E-state index in [2.05, 4.69) is 20.7 Å². The molecule has 1 atom stereocenters. The van der Waals surface area contributed by atoms with Gasteiger partial charge in [-0.1, -0.05) is 22.0 Å². The fourth-order valence-corrected chi connectivity index (χ4v) is 3.49. The van der Waals surface area contributed by atoms with E-state index >= 15 is 0 Å².